The van der Waals surface area contributed by atoms with Gasteiger partial charge in [0.2, 0.25) is 0 Å². The number of amides is 2. The van der Waals surface area contributed by atoms with Gasteiger partial charge in [-0.2, -0.15) is 0 Å². The minimum atomic E-state index is -0.196. The van der Waals surface area contributed by atoms with Gasteiger partial charge in [0.25, 0.3) is 0 Å². The van der Waals surface area contributed by atoms with Crippen LogP contribution in [0, 0.1) is 19.7 Å². The van der Waals surface area contributed by atoms with Gasteiger partial charge in [-0.1, -0.05) is 29.8 Å². The summed E-state index contributed by atoms with van der Waals surface area (Å²) >= 11 is 0. The Hall–Kier alpha value is -2.36. The fraction of sp³-hybridized carbons (Fsp3) is 0.188. The molecule has 0 saturated heterocycles. The van der Waals surface area contributed by atoms with Gasteiger partial charge < -0.3 is 10.6 Å². The van der Waals surface area contributed by atoms with E-state index in [4.69, 9.17) is 0 Å². The van der Waals surface area contributed by atoms with Crippen molar-refractivity contribution in [1.29, 1.82) is 0 Å². The van der Waals surface area contributed by atoms with Gasteiger partial charge in [-0.25, -0.2) is 9.18 Å². The molecule has 2 N–H and O–H groups in total. The van der Waals surface area contributed by atoms with Crippen LogP contribution in [0.2, 0.25) is 0 Å². The zero-order chi connectivity index (χ0) is 15.0. The molecule has 0 radical (unpaired) electrons. The van der Waals surface area contributed by atoms with Crippen LogP contribution in [-0.2, 0) is 0 Å². The van der Waals surface area contributed by atoms with Crippen molar-refractivity contribution in [2.45, 2.75) is 13.8 Å². The predicted octanol–water partition coefficient (Wildman–Crippen LogP) is 3.88. The molecule has 0 fully saturated rings. The van der Waals surface area contributed by atoms with Crippen molar-refractivity contribution in [3.8, 4) is 0 Å². The van der Waals surface area contributed by atoms with Gasteiger partial charge in [-0.3, -0.25) is 0 Å². The summed E-state index contributed by atoms with van der Waals surface area (Å²) in [5.41, 5.74) is 2.95. The standard InChI is InChI=1S/C9H12N2O.C7H7F/c1-7-3-5-8(6-4-7)11-9(12)10-2;1-6-3-2-4-7(8)5-6/h3-6H,1-2H3,(H2,10,11,12);2-5H,1H3. The normalized spacial score (nSPS) is 9.20. The largest absolute Gasteiger partial charge is 0.341 e. The molecule has 20 heavy (non-hydrogen) atoms. The first-order chi connectivity index (χ1) is 9.51. The molecule has 0 saturated carbocycles. The van der Waals surface area contributed by atoms with Crippen LogP contribution in [-0.4, -0.2) is 13.1 Å². The van der Waals surface area contributed by atoms with E-state index in [2.05, 4.69) is 10.6 Å². The van der Waals surface area contributed by atoms with Crippen molar-refractivity contribution in [3.63, 3.8) is 0 Å². The van der Waals surface area contributed by atoms with E-state index in [1.54, 1.807) is 13.1 Å². The second-order valence-corrected chi connectivity index (χ2v) is 4.37. The summed E-state index contributed by atoms with van der Waals surface area (Å²) < 4.78 is 12.2. The second-order valence-electron chi connectivity index (χ2n) is 4.37. The third-order valence-corrected chi connectivity index (χ3v) is 2.52. The number of hydrogen-bond acceptors (Lipinski definition) is 1. The Balaban J connectivity index is 0.000000217. The van der Waals surface area contributed by atoms with Crippen molar-refractivity contribution in [1.82, 2.24) is 5.32 Å². The van der Waals surface area contributed by atoms with Crippen molar-refractivity contribution in [2.75, 3.05) is 12.4 Å². The number of aryl methyl sites for hydroxylation is 2. The van der Waals surface area contributed by atoms with E-state index in [9.17, 15) is 9.18 Å². The van der Waals surface area contributed by atoms with Gasteiger partial charge in [-0.15, -0.1) is 0 Å². The van der Waals surface area contributed by atoms with E-state index in [-0.39, 0.29) is 11.8 Å². The van der Waals surface area contributed by atoms with Gasteiger partial charge in [0.1, 0.15) is 5.82 Å². The van der Waals surface area contributed by atoms with E-state index in [1.807, 2.05) is 44.2 Å². The van der Waals surface area contributed by atoms with E-state index in [1.165, 1.54) is 17.7 Å². The third kappa shape index (κ3) is 6.00. The zero-order valence-corrected chi connectivity index (χ0v) is 11.9. The van der Waals surface area contributed by atoms with Gasteiger partial charge in [0.15, 0.2) is 0 Å². The SMILES string of the molecule is CNC(=O)Nc1ccc(C)cc1.Cc1cccc(F)c1. The Morgan fingerprint density at radius 1 is 1.00 bits per heavy atom. The molecule has 0 bridgehead atoms. The molecule has 2 rings (SSSR count). The van der Waals surface area contributed by atoms with Gasteiger partial charge in [0.05, 0.1) is 0 Å². The number of nitrogens with one attached hydrogen (secondary N) is 2. The molecule has 0 aromatic heterocycles. The van der Waals surface area contributed by atoms with E-state index in [0.717, 1.165) is 11.3 Å². The summed E-state index contributed by atoms with van der Waals surface area (Å²) in [4.78, 5) is 10.8. The lowest BCUT2D eigenvalue weighted by molar-refractivity contribution is 0.254. The van der Waals surface area contributed by atoms with Crippen LogP contribution in [0.15, 0.2) is 48.5 Å². The van der Waals surface area contributed by atoms with Crippen LogP contribution < -0.4 is 10.6 Å². The maximum absolute atomic E-state index is 12.2. The molecular weight excluding hydrogens is 255 g/mol. The Morgan fingerprint density at radius 3 is 2.10 bits per heavy atom. The molecule has 2 amide bonds. The summed E-state index contributed by atoms with van der Waals surface area (Å²) in [7, 11) is 1.59. The van der Waals surface area contributed by atoms with Crippen LogP contribution in [0.5, 0.6) is 0 Å². The smallest absolute Gasteiger partial charge is 0.318 e. The van der Waals surface area contributed by atoms with Crippen molar-refractivity contribution >= 4 is 11.7 Å². The van der Waals surface area contributed by atoms with E-state index < -0.39 is 0 Å². The first kappa shape index (κ1) is 15.7. The fourth-order valence-corrected chi connectivity index (χ4v) is 1.44. The fourth-order valence-electron chi connectivity index (χ4n) is 1.44. The number of rotatable bonds is 1. The van der Waals surface area contributed by atoms with Gasteiger partial charge in [-0.05, 0) is 43.7 Å². The molecule has 0 atom stereocenters. The minimum absolute atomic E-state index is 0.162. The van der Waals surface area contributed by atoms with E-state index >= 15 is 0 Å². The highest BCUT2D eigenvalue weighted by Crippen LogP contribution is 2.07. The van der Waals surface area contributed by atoms with Crippen LogP contribution in [0.3, 0.4) is 0 Å². The molecule has 3 nitrogen and oxygen atoms in total. The molecule has 0 aliphatic rings. The number of hydrogen-bond donors (Lipinski definition) is 2. The third-order valence-electron chi connectivity index (χ3n) is 2.52. The highest BCUT2D eigenvalue weighted by molar-refractivity contribution is 5.88. The summed E-state index contributed by atoms with van der Waals surface area (Å²) in [6.07, 6.45) is 0. The second kappa shape index (κ2) is 7.94. The van der Waals surface area contributed by atoms with Crippen LogP contribution >= 0.6 is 0 Å². The molecular formula is C16H19FN2O. The quantitative estimate of drug-likeness (QED) is 0.814. The summed E-state index contributed by atoms with van der Waals surface area (Å²) in [6, 6.07) is 13.9. The molecule has 0 aliphatic carbocycles. The summed E-state index contributed by atoms with van der Waals surface area (Å²) in [6.45, 7) is 3.87. The van der Waals surface area contributed by atoms with Gasteiger partial charge >= 0.3 is 6.03 Å². The van der Waals surface area contributed by atoms with Crippen molar-refractivity contribution in [3.05, 3.63) is 65.5 Å². The monoisotopic (exact) mass is 274 g/mol. The molecule has 0 aliphatic heterocycles. The summed E-state index contributed by atoms with van der Waals surface area (Å²) in [5, 5.41) is 5.15. The molecule has 0 heterocycles. The number of carbonyl (C=O) groups is 1. The number of benzene rings is 2. The Kier molecular flexibility index (Phi) is 6.23. The minimum Gasteiger partial charge on any atom is -0.341 e. The van der Waals surface area contributed by atoms with Crippen molar-refractivity contribution in [2.24, 2.45) is 0 Å². The number of carbonyl (C=O) groups excluding carboxylic acids is 1. The Labute approximate surface area is 118 Å². The summed E-state index contributed by atoms with van der Waals surface area (Å²) in [5.74, 6) is -0.162. The average Bonchev–Trinajstić information content (AvgIpc) is 2.42. The number of halogens is 1. The molecule has 0 unspecified atom stereocenters. The van der Waals surface area contributed by atoms with E-state index in [0.29, 0.717) is 0 Å². The average molecular weight is 274 g/mol. The van der Waals surface area contributed by atoms with Crippen LogP contribution in [0.4, 0.5) is 14.9 Å². The number of urea groups is 1. The highest BCUT2D eigenvalue weighted by Gasteiger charge is 1.95. The topological polar surface area (TPSA) is 41.1 Å². The highest BCUT2D eigenvalue weighted by atomic mass is 19.1. The lowest BCUT2D eigenvalue weighted by Crippen LogP contribution is -2.24. The lowest BCUT2D eigenvalue weighted by atomic mass is 10.2. The molecule has 2 aromatic rings. The first-order valence-electron chi connectivity index (χ1n) is 6.29. The van der Waals surface area contributed by atoms with Crippen molar-refractivity contribution < 1.29 is 9.18 Å². The molecule has 0 spiro atoms. The van der Waals surface area contributed by atoms with Crippen LogP contribution in [0.25, 0.3) is 0 Å². The van der Waals surface area contributed by atoms with Gasteiger partial charge in [0, 0.05) is 12.7 Å². The molecule has 2 aromatic carbocycles. The maximum atomic E-state index is 12.2. The molecule has 106 valence electrons. The molecule has 4 heteroatoms. The lowest BCUT2D eigenvalue weighted by Gasteiger charge is -2.03. The predicted molar refractivity (Wildman–Crippen MR) is 80.4 cm³/mol. The number of anilines is 1. The zero-order valence-electron chi connectivity index (χ0n) is 11.9. The Morgan fingerprint density at radius 2 is 1.65 bits per heavy atom. The van der Waals surface area contributed by atoms with Crippen LogP contribution in [0.1, 0.15) is 11.1 Å². The Bertz CT molecular complexity index is 535. The maximum Gasteiger partial charge on any atom is 0.318 e. The first-order valence-corrected chi connectivity index (χ1v) is 6.29.